The van der Waals surface area contributed by atoms with Crippen LogP contribution in [0.15, 0.2) is 52.9 Å². The minimum atomic E-state index is -0.511. The summed E-state index contributed by atoms with van der Waals surface area (Å²) in [7, 11) is 0. The fraction of sp³-hybridized carbons (Fsp3) is 0.292. The maximum atomic E-state index is 13.1. The van der Waals surface area contributed by atoms with Crippen molar-refractivity contribution in [3.8, 4) is 11.5 Å². The number of hydrogen-bond acceptors (Lipinski definition) is 4. The fourth-order valence-corrected chi connectivity index (χ4v) is 4.08. The lowest BCUT2D eigenvalue weighted by molar-refractivity contribution is -0.130. The van der Waals surface area contributed by atoms with Crippen molar-refractivity contribution in [1.29, 1.82) is 0 Å². The molecule has 2 aromatic carbocycles. The normalized spacial score (nSPS) is 14.5. The third-order valence-corrected chi connectivity index (χ3v) is 6.07. The van der Waals surface area contributed by atoms with Gasteiger partial charge in [0.15, 0.2) is 0 Å². The Kier molecular flexibility index (Phi) is 5.83. The summed E-state index contributed by atoms with van der Waals surface area (Å²) in [5.41, 5.74) is 2.45. The van der Waals surface area contributed by atoms with Crippen molar-refractivity contribution in [2.45, 2.75) is 45.1 Å². The van der Waals surface area contributed by atoms with Gasteiger partial charge < -0.3 is 15.1 Å². The maximum Gasteiger partial charge on any atom is 0.230 e. The van der Waals surface area contributed by atoms with Crippen LogP contribution < -0.4 is 10.6 Å². The molecule has 1 aliphatic carbocycles. The predicted molar refractivity (Wildman–Crippen MR) is 120 cm³/mol. The highest BCUT2D eigenvalue weighted by molar-refractivity contribution is 6.30. The van der Waals surface area contributed by atoms with Crippen LogP contribution >= 0.6 is 11.6 Å². The first-order chi connectivity index (χ1) is 14.9. The van der Waals surface area contributed by atoms with Crippen LogP contribution in [0, 0.1) is 6.92 Å². The molecule has 0 spiro atoms. The van der Waals surface area contributed by atoms with E-state index in [-0.39, 0.29) is 18.4 Å². The Morgan fingerprint density at radius 2 is 1.84 bits per heavy atom. The van der Waals surface area contributed by atoms with E-state index in [1.807, 2.05) is 49.4 Å². The molecule has 1 fully saturated rings. The number of para-hydroxylation sites is 1. The van der Waals surface area contributed by atoms with Gasteiger partial charge >= 0.3 is 0 Å². The number of aromatic nitrogens is 1. The lowest BCUT2D eigenvalue weighted by Gasteiger charge is -2.40. The van der Waals surface area contributed by atoms with Crippen molar-refractivity contribution in [1.82, 2.24) is 10.3 Å². The minimum absolute atomic E-state index is 0.0105. The molecule has 1 heterocycles. The monoisotopic (exact) mass is 437 g/mol. The molecule has 0 bridgehead atoms. The lowest BCUT2D eigenvalue weighted by atomic mass is 9.64. The van der Waals surface area contributed by atoms with Crippen LogP contribution in [0.2, 0.25) is 5.02 Å². The van der Waals surface area contributed by atoms with Gasteiger partial charge in [-0.2, -0.15) is 0 Å². The molecule has 0 aliphatic heterocycles. The number of benzene rings is 2. The second-order valence-corrected chi connectivity index (χ2v) is 8.31. The number of halogens is 1. The highest BCUT2D eigenvalue weighted by Crippen LogP contribution is 2.44. The summed E-state index contributed by atoms with van der Waals surface area (Å²) in [6.45, 7) is 3.54. The van der Waals surface area contributed by atoms with Crippen LogP contribution in [0.4, 0.5) is 5.69 Å². The molecule has 2 amide bonds. The molecule has 31 heavy (non-hydrogen) atoms. The molecule has 2 N–H and O–H groups in total. The Labute approximate surface area is 186 Å². The van der Waals surface area contributed by atoms with Crippen molar-refractivity contribution in [3.63, 3.8) is 0 Å². The molecule has 0 saturated heterocycles. The molecule has 1 aliphatic rings. The van der Waals surface area contributed by atoms with E-state index in [1.54, 1.807) is 6.07 Å². The number of oxazole rings is 1. The molecule has 1 aromatic heterocycles. The largest absolute Gasteiger partial charge is 0.441 e. The molecule has 3 aromatic rings. The average molecular weight is 438 g/mol. The summed E-state index contributed by atoms with van der Waals surface area (Å²) in [6, 6.07) is 14.8. The molecule has 6 nitrogen and oxygen atoms in total. The van der Waals surface area contributed by atoms with Gasteiger partial charge in [-0.25, -0.2) is 4.98 Å². The van der Waals surface area contributed by atoms with E-state index in [2.05, 4.69) is 15.6 Å². The Morgan fingerprint density at radius 1 is 1.13 bits per heavy atom. The fourth-order valence-electron chi connectivity index (χ4n) is 3.95. The number of nitrogens with one attached hydrogen (secondary N) is 2. The Morgan fingerprint density at radius 3 is 2.48 bits per heavy atom. The summed E-state index contributed by atoms with van der Waals surface area (Å²) >= 11 is 6.01. The number of nitrogens with zero attached hydrogens (tertiary/aromatic N) is 1. The Balaban J connectivity index is 1.51. The maximum absolute atomic E-state index is 13.1. The van der Waals surface area contributed by atoms with Gasteiger partial charge in [-0.15, -0.1) is 0 Å². The zero-order valence-electron chi connectivity index (χ0n) is 17.5. The molecule has 4 rings (SSSR count). The molecular formula is C24H24ClN3O3. The number of rotatable bonds is 6. The number of carbonyl (C=O) groups excluding carboxylic acids is 2. The first-order valence-electron chi connectivity index (χ1n) is 10.3. The standard InChI is InChI=1S/C24H24ClN3O3/c1-15-21(28-22(31-15)19-6-3-4-7-20(19)27-16(2)29)14-26-23(30)24(12-5-13-24)17-8-10-18(25)11-9-17/h3-4,6-11H,5,12-14H2,1-2H3,(H,26,30)(H,27,29). The predicted octanol–water partition coefficient (Wildman–Crippen LogP) is 5.00. The van der Waals surface area contributed by atoms with Gasteiger partial charge in [0.2, 0.25) is 17.7 Å². The first-order valence-corrected chi connectivity index (χ1v) is 10.6. The first kappa shape index (κ1) is 21.1. The van der Waals surface area contributed by atoms with Gasteiger partial charge in [-0.1, -0.05) is 42.3 Å². The number of amides is 2. The van der Waals surface area contributed by atoms with Crippen molar-refractivity contribution in [2.75, 3.05) is 5.32 Å². The van der Waals surface area contributed by atoms with E-state index in [0.717, 1.165) is 24.8 Å². The van der Waals surface area contributed by atoms with E-state index in [9.17, 15) is 9.59 Å². The molecule has 1 saturated carbocycles. The smallest absolute Gasteiger partial charge is 0.230 e. The topological polar surface area (TPSA) is 84.2 Å². The molecule has 0 atom stereocenters. The van der Waals surface area contributed by atoms with Gasteiger partial charge in [0.05, 0.1) is 23.2 Å². The number of hydrogen-bond donors (Lipinski definition) is 2. The van der Waals surface area contributed by atoms with Crippen LogP contribution in [0.25, 0.3) is 11.5 Å². The second kappa shape index (κ2) is 8.55. The van der Waals surface area contributed by atoms with Crippen molar-refractivity contribution in [3.05, 3.63) is 70.6 Å². The summed E-state index contributed by atoms with van der Waals surface area (Å²) < 4.78 is 5.85. The SMILES string of the molecule is CC(=O)Nc1ccccc1-c1nc(CNC(=O)C2(c3ccc(Cl)cc3)CCC2)c(C)o1. The quantitative estimate of drug-likeness (QED) is 0.568. The molecule has 0 unspecified atom stereocenters. The summed E-state index contributed by atoms with van der Waals surface area (Å²) in [5, 5.41) is 6.49. The van der Waals surface area contributed by atoms with Crippen molar-refractivity contribution >= 4 is 29.1 Å². The van der Waals surface area contributed by atoms with Crippen molar-refractivity contribution in [2.24, 2.45) is 0 Å². The van der Waals surface area contributed by atoms with Gasteiger partial charge in [-0.05, 0) is 49.6 Å². The van der Waals surface area contributed by atoms with E-state index in [0.29, 0.717) is 33.6 Å². The molecule has 0 radical (unpaired) electrons. The average Bonchev–Trinajstić information content (AvgIpc) is 3.07. The van der Waals surface area contributed by atoms with E-state index < -0.39 is 5.41 Å². The Hall–Kier alpha value is -3.12. The molecular weight excluding hydrogens is 414 g/mol. The number of anilines is 1. The lowest BCUT2D eigenvalue weighted by Crippen LogP contribution is -2.49. The highest BCUT2D eigenvalue weighted by atomic mass is 35.5. The summed E-state index contributed by atoms with van der Waals surface area (Å²) in [5.74, 6) is 0.851. The zero-order valence-corrected chi connectivity index (χ0v) is 18.3. The van der Waals surface area contributed by atoms with Gasteiger partial charge in [0.1, 0.15) is 11.5 Å². The second-order valence-electron chi connectivity index (χ2n) is 7.87. The summed E-state index contributed by atoms with van der Waals surface area (Å²) in [4.78, 5) is 29.2. The third kappa shape index (κ3) is 4.21. The third-order valence-electron chi connectivity index (χ3n) is 5.82. The van der Waals surface area contributed by atoms with Gasteiger partial charge in [0.25, 0.3) is 0 Å². The van der Waals surface area contributed by atoms with Crippen LogP contribution in [0.3, 0.4) is 0 Å². The number of aryl methyl sites for hydroxylation is 1. The van der Waals surface area contributed by atoms with Gasteiger partial charge in [0, 0.05) is 11.9 Å². The highest BCUT2D eigenvalue weighted by Gasteiger charge is 2.45. The molecule has 7 heteroatoms. The molecule has 160 valence electrons. The minimum Gasteiger partial charge on any atom is -0.441 e. The van der Waals surface area contributed by atoms with Gasteiger partial charge in [-0.3, -0.25) is 9.59 Å². The van der Waals surface area contributed by atoms with Crippen LogP contribution in [-0.2, 0) is 21.5 Å². The zero-order chi connectivity index (χ0) is 22.0. The Bertz CT molecular complexity index is 1120. The van der Waals surface area contributed by atoms with Crippen LogP contribution in [0.1, 0.15) is 43.2 Å². The van der Waals surface area contributed by atoms with E-state index in [4.69, 9.17) is 16.0 Å². The van der Waals surface area contributed by atoms with Crippen LogP contribution in [0.5, 0.6) is 0 Å². The number of carbonyl (C=O) groups is 2. The van der Waals surface area contributed by atoms with Crippen LogP contribution in [-0.4, -0.2) is 16.8 Å². The van der Waals surface area contributed by atoms with Crippen molar-refractivity contribution < 1.29 is 14.0 Å². The summed E-state index contributed by atoms with van der Waals surface area (Å²) in [6.07, 6.45) is 2.64. The van der Waals surface area contributed by atoms with E-state index in [1.165, 1.54) is 6.92 Å². The van der Waals surface area contributed by atoms with E-state index >= 15 is 0 Å².